The Labute approximate surface area is 199 Å². The number of hydrogen-bond donors (Lipinski definition) is 0. The number of allylic oxidation sites excluding steroid dienone is 1. The first-order valence-electron chi connectivity index (χ1n) is 11.3. The third-order valence-electron chi connectivity index (χ3n) is 5.50. The predicted molar refractivity (Wildman–Crippen MR) is 133 cm³/mol. The topological polar surface area (TPSA) is 63.7 Å². The number of carbonyl (C=O) groups is 3. The van der Waals surface area contributed by atoms with E-state index in [4.69, 9.17) is 4.74 Å². The molecule has 0 radical (unpaired) electrons. The molecule has 4 rings (SSSR count). The summed E-state index contributed by atoms with van der Waals surface area (Å²) in [5.41, 5.74) is 3.45. The Balaban J connectivity index is 1.17. The number of nitrogens with zero attached hydrogens (tertiary/aromatic N) is 1. The van der Waals surface area contributed by atoms with Crippen LogP contribution < -0.4 is 9.64 Å². The molecule has 0 N–H and O–H groups in total. The highest BCUT2D eigenvalue weighted by Gasteiger charge is 2.24. The smallest absolute Gasteiger partial charge is 0.258 e. The molecule has 1 heterocycles. The SMILES string of the molecule is O=C(C=Cc1ccc(CCCCOc2ccc(N3C(=O)C=CC3=O)cc2)cc1)c1ccccc1. The lowest BCUT2D eigenvalue weighted by Crippen LogP contribution is -2.29. The van der Waals surface area contributed by atoms with Crippen molar-refractivity contribution in [2.45, 2.75) is 19.3 Å². The molecule has 0 aromatic heterocycles. The molecule has 5 heteroatoms. The number of rotatable bonds is 10. The van der Waals surface area contributed by atoms with Gasteiger partial charge in [0.2, 0.25) is 0 Å². The Kier molecular flexibility index (Phi) is 7.45. The first kappa shape index (κ1) is 22.9. The van der Waals surface area contributed by atoms with Gasteiger partial charge in [-0.3, -0.25) is 14.4 Å². The Morgan fingerprint density at radius 2 is 1.47 bits per heavy atom. The summed E-state index contributed by atoms with van der Waals surface area (Å²) in [6.07, 6.45) is 8.82. The maximum absolute atomic E-state index is 12.2. The van der Waals surface area contributed by atoms with Gasteiger partial charge in [-0.15, -0.1) is 0 Å². The number of amides is 2. The number of ether oxygens (including phenoxy) is 1. The van der Waals surface area contributed by atoms with Crippen LogP contribution in [0.25, 0.3) is 6.08 Å². The maximum atomic E-state index is 12.2. The third kappa shape index (κ3) is 5.95. The van der Waals surface area contributed by atoms with Gasteiger partial charge in [0, 0.05) is 17.7 Å². The fraction of sp³-hybridized carbons (Fsp3) is 0.138. The molecule has 1 aliphatic heterocycles. The minimum absolute atomic E-state index is 0.00523. The highest BCUT2D eigenvalue weighted by atomic mass is 16.5. The molecule has 1 aliphatic rings. The maximum Gasteiger partial charge on any atom is 0.258 e. The van der Waals surface area contributed by atoms with Crippen molar-refractivity contribution in [1.29, 1.82) is 0 Å². The second kappa shape index (κ2) is 11.1. The van der Waals surface area contributed by atoms with Gasteiger partial charge in [0.25, 0.3) is 11.8 Å². The van der Waals surface area contributed by atoms with E-state index >= 15 is 0 Å². The lowest BCUT2D eigenvalue weighted by molar-refractivity contribution is -0.119. The lowest BCUT2D eigenvalue weighted by atomic mass is 10.0. The van der Waals surface area contributed by atoms with Crippen LogP contribution in [0.15, 0.2) is 97.1 Å². The lowest BCUT2D eigenvalue weighted by Gasteiger charge is -2.14. The van der Waals surface area contributed by atoms with Gasteiger partial charge in [-0.1, -0.05) is 60.7 Å². The van der Waals surface area contributed by atoms with E-state index in [2.05, 4.69) is 12.1 Å². The fourth-order valence-electron chi connectivity index (χ4n) is 3.63. The monoisotopic (exact) mass is 451 g/mol. The number of ketones is 1. The number of anilines is 1. The Bertz CT molecular complexity index is 1190. The van der Waals surface area contributed by atoms with E-state index in [1.165, 1.54) is 17.7 Å². The van der Waals surface area contributed by atoms with Gasteiger partial charge in [0.15, 0.2) is 5.78 Å². The number of imide groups is 1. The van der Waals surface area contributed by atoms with Crippen molar-refractivity contribution >= 4 is 29.4 Å². The number of benzene rings is 3. The van der Waals surface area contributed by atoms with Crippen molar-refractivity contribution in [3.05, 3.63) is 114 Å². The zero-order chi connectivity index (χ0) is 23.8. The van der Waals surface area contributed by atoms with Crippen molar-refractivity contribution in [2.24, 2.45) is 0 Å². The zero-order valence-electron chi connectivity index (χ0n) is 18.7. The van der Waals surface area contributed by atoms with Crippen LogP contribution in [0.5, 0.6) is 5.75 Å². The normalized spacial score (nSPS) is 13.1. The van der Waals surface area contributed by atoms with E-state index in [1.54, 1.807) is 30.3 Å². The van der Waals surface area contributed by atoms with E-state index in [-0.39, 0.29) is 17.6 Å². The third-order valence-corrected chi connectivity index (χ3v) is 5.50. The largest absolute Gasteiger partial charge is 0.494 e. The Morgan fingerprint density at radius 1 is 0.794 bits per heavy atom. The van der Waals surface area contributed by atoms with Crippen LogP contribution in [0.1, 0.15) is 34.3 Å². The zero-order valence-corrected chi connectivity index (χ0v) is 18.7. The molecule has 0 aliphatic carbocycles. The van der Waals surface area contributed by atoms with Crippen LogP contribution in [0.3, 0.4) is 0 Å². The van der Waals surface area contributed by atoms with Crippen molar-refractivity contribution in [3.8, 4) is 5.75 Å². The molecule has 3 aromatic rings. The second-order valence-corrected chi connectivity index (χ2v) is 7.95. The number of carbonyl (C=O) groups excluding carboxylic acids is 3. The molecule has 5 nitrogen and oxygen atoms in total. The van der Waals surface area contributed by atoms with Gasteiger partial charge in [-0.05, 0) is 60.7 Å². The van der Waals surface area contributed by atoms with Gasteiger partial charge in [0.05, 0.1) is 12.3 Å². The quantitative estimate of drug-likeness (QED) is 0.179. The molecule has 0 fully saturated rings. The van der Waals surface area contributed by atoms with E-state index in [0.29, 0.717) is 23.6 Å². The number of hydrogen-bond acceptors (Lipinski definition) is 4. The van der Waals surface area contributed by atoms with Crippen molar-refractivity contribution in [2.75, 3.05) is 11.5 Å². The summed E-state index contributed by atoms with van der Waals surface area (Å²) in [4.78, 5) is 36.8. The standard InChI is InChI=1S/C29H25NO4/c31-27(24-7-2-1-3-8-24)18-13-23-11-9-22(10-12-23)6-4-5-21-34-26-16-14-25(15-17-26)30-28(32)19-20-29(30)33/h1-3,7-20H,4-6,21H2. The molecular formula is C29H25NO4. The average Bonchev–Trinajstić information content (AvgIpc) is 3.21. The minimum atomic E-state index is -0.330. The molecular weight excluding hydrogens is 426 g/mol. The Hall–Kier alpha value is -4.25. The second-order valence-electron chi connectivity index (χ2n) is 7.95. The summed E-state index contributed by atoms with van der Waals surface area (Å²) in [7, 11) is 0. The summed E-state index contributed by atoms with van der Waals surface area (Å²) in [5.74, 6) is 0.0399. The first-order chi connectivity index (χ1) is 16.6. The highest BCUT2D eigenvalue weighted by Crippen LogP contribution is 2.22. The van der Waals surface area contributed by atoms with Gasteiger partial charge in [-0.2, -0.15) is 0 Å². The summed E-state index contributed by atoms with van der Waals surface area (Å²) < 4.78 is 5.78. The molecule has 2 amide bonds. The van der Waals surface area contributed by atoms with Gasteiger partial charge < -0.3 is 4.74 Å². The summed E-state index contributed by atoms with van der Waals surface area (Å²) in [6.45, 7) is 0.588. The molecule has 0 bridgehead atoms. The van der Waals surface area contributed by atoms with E-state index in [0.717, 1.165) is 29.7 Å². The van der Waals surface area contributed by atoms with Crippen LogP contribution in [-0.4, -0.2) is 24.2 Å². The highest BCUT2D eigenvalue weighted by molar-refractivity contribution is 6.28. The van der Waals surface area contributed by atoms with Crippen LogP contribution in [0.4, 0.5) is 5.69 Å². The van der Waals surface area contributed by atoms with Gasteiger partial charge in [-0.25, -0.2) is 4.90 Å². The van der Waals surface area contributed by atoms with Gasteiger partial charge in [0.1, 0.15) is 5.75 Å². The van der Waals surface area contributed by atoms with Crippen molar-refractivity contribution in [1.82, 2.24) is 0 Å². The van der Waals surface area contributed by atoms with Gasteiger partial charge >= 0.3 is 0 Å². The molecule has 0 spiro atoms. The number of aryl methyl sites for hydroxylation is 1. The summed E-state index contributed by atoms with van der Waals surface area (Å²) in [6, 6.07) is 24.4. The van der Waals surface area contributed by atoms with E-state index < -0.39 is 0 Å². The van der Waals surface area contributed by atoms with Crippen LogP contribution >= 0.6 is 0 Å². The van der Waals surface area contributed by atoms with E-state index in [9.17, 15) is 14.4 Å². The molecule has 0 unspecified atom stereocenters. The summed E-state index contributed by atoms with van der Waals surface area (Å²) >= 11 is 0. The van der Waals surface area contributed by atoms with Crippen LogP contribution in [0.2, 0.25) is 0 Å². The van der Waals surface area contributed by atoms with E-state index in [1.807, 2.05) is 48.5 Å². The van der Waals surface area contributed by atoms with Crippen molar-refractivity contribution in [3.63, 3.8) is 0 Å². The van der Waals surface area contributed by atoms with Crippen molar-refractivity contribution < 1.29 is 19.1 Å². The molecule has 0 saturated carbocycles. The predicted octanol–water partition coefficient (Wildman–Crippen LogP) is 5.41. The Morgan fingerprint density at radius 3 is 2.15 bits per heavy atom. The molecule has 34 heavy (non-hydrogen) atoms. The molecule has 0 atom stereocenters. The molecule has 170 valence electrons. The average molecular weight is 452 g/mol. The molecule has 0 saturated heterocycles. The fourth-order valence-corrected chi connectivity index (χ4v) is 3.63. The van der Waals surface area contributed by atoms with Crippen LogP contribution in [0, 0.1) is 0 Å². The minimum Gasteiger partial charge on any atom is -0.494 e. The summed E-state index contributed by atoms with van der Waals surface area (Å²) in [5, 5.41) is 0. The number of unbranched alkanes of at least 4 members (excludes halogenated alkanes) is 1. The first-order valence-corrected chi connectivity index (χ1v) is 11.3. The molecule has 3 aromatic carbocycles. The van der Waals surface area contributed by atoms with Crippen LogP contribution in [-0.2, 0) is 16.0 Å².